The lowest BCUT2D eigenvalue weighted by molar-refractivity contribution is 0.425. The van der Waals surface area contributed by atoms with Gasteiger partial charge in [-0.15, -0.1) is 22.7 Å². The van der Waals surface area contributed by atoms with Gasteiger partial charge in [-0.3, -0.25) is 19.9 Å². The summed E-state index contributed by atoms with van der Waals surface area (Å²) >= 11 is 6.98. The maximum absolute atomic E-state index is 8.55. The van der Waals surface area contributed by atoms with Gasteiger partial charge in [-0.25, -0.2) is 9.97 Å². The summed E-state index contributed by atoms with van der Waals surface area (Å²) in [7, 11) is -1.38. The van der Waals surface area contributed by atoms with E-state index < -0.39 is 7.12 Å². The molecule has 6 aromatic heterocycles. The SMILES string of the molecule is C.C.CCc1ccnc(Cc2nc3ccc(-c4ccncc4)cc3s2)c1.CCc1ccnc(Cc2nc3ccc(Br)cc3s2)c1.OB(O)c1ccncc1. The van der Waals surface area contributed by atoms with Gasteiger partial charge < -0.3 is 10.0 Å². The monoisotopic (exact) mass is 818 g/mol. The third kappa shape index (κ3) is 11.6. The highest BCUT2D eigenvalue weighted by Crippen LogP contribution is 2.29. The molecule has 8 rings (SSSR count). The summed E-state index contributed by atoms with van der Waals surface area (Å²) in [6.45, 7) is 4.33. The van der Waals surface area contributed by atoms with Crippen LogP contribution in [0.25, 0.3) is 31.6 Å². The van der Waals surface area contributed by atoms with E-state index in [4.69, 9.17) is 15.0 Å². The van der Waals surface area contributed by atoms with Gasteiger partial charge in [0.25, 0.3) is 0 Å². The van der Waals surface area contributed by atoms with E-state index in [1.165, 1.54) is 44.0 Å². The van der Waals surface area contributed by atoms with E-state index in [2.05, 4.69) is 109 Å². The molecule has 0 saturated heterocycles. The third-order valence-electron chi connectivity index (χ3n) is 8.09. The van der Waals surface area contributed by atoms with Gasteiger partial charge in [-0.2, -0.15) is 0 Å². The minimum absolute atomic E-state index is 0. The lowest BCUT2D eigenvalue weighted by Crippen LogP contribution is -2.29. The Hall–Kier alpha value is -4.72. The smallest absolute Gasteiger partial charge is 0.423 e. The van der Waals surface area contributed by atoms with Crippen LogP contribution in [-0.2, 0) is 25.7 Å². The minimum atomic E-state index is -1.38. The van der Waals surface area contributed by atoms with Crippen molar-refractivity contribution in [3.63, 3.8) is 0 Å². The maximum Gasteiger partial charge on any atom is 0.488 e. The lowest BCUT2D eigenvalue weighted by atomic mass is 9.81. The fourth-order valence-electron chi connectivity index (χ4n) is 5.33. The Labute approximate surface area is 334 Å². The van der Waals surface area contributed by atoms with Crippen molar-refractivity contribution in [2.75, 3.05) is 0 Å². The Kier molecular flexibility index (Phi) is 16.1. The van der Waals surface area contributed by atoms with Gasteiger partial charge >= 0.3 is 7.12 Å². The van der Waals surface area contributed by atoms with Crippen LogP contribution in [0.4, 0.5) is 0 Å². The fraction of sp³-hybridized carbons (Fsp3) is 0.190. The summed E-state index contributed by atoms with van der Waals surface area (Å²) in [5.41, 5.74) is 9.79. The van der Waals surface area contributed by atoms with Crippen LogP contribution in [0.3, 0.4) is 0 Å². The van der Waals surface area contributed by atoms with Crippen molar-refractivity contribution in [1.29, 1.82) is 0 Å². The van der Waals surface area contributed by atoms with Crippen molar-refractivity contribution < 1.29 is 10.0 Å². The molecule has 8 aromatic rings. The molecule has 2 N–H and O–H groups in total. The molecule has 0 aliphatic rings. The predicted octanol–water partition coefficient (Wildman–Crippen LogP) is 9.55. The van der Waals surface area contributed by atoms with E-state index in [1.54, 1.807) is 34.8 Å². The first-order chi connectivity index (χ1) is 25.4. The summed E-state index contributed by atoms with van der Waals surface area (Å²) in [5, 5.41) is 19.3. The number of hydrogen-bond donors (Lipinski definition) is 2. The van der Waals surface area contributed by atoms with E-state index in [1.807, 2.05) is 43.0 Å². The normalized spacial score (nSPS) is 10.3. The van der Waals surface area contributed by atoms with E-state index >= 15 is 0 Å². The summed E-state index contributed by atoms with van der Waals surface area (Å²) in [6.07, 6.45) is 14.1. The predicted molar refractivity (Wildman–Crippen MR) is 231 cm³/mol. The second-order valence-electron chi connectivity index (χ2n) is 11.8. The van der Waals surface area contributed by atoms with Crippen molar-refractivity contribution in [3.8, 4) is 11.1 Å². The van der Waals surface area contributed by atoms with Crippen molar-refractivity contribution in [1.82, 2.24) is 29.9 Å². The van der Waals surface area contributed by atoms with Gasteiger partial charge in [0.05, 0.1) is 30.4 Å². The Morgan fingerprint density at radius 3 is 1.57 bits per heavy atom. The number of aromatic nitrogens is 6. The van der Waals surface area contributed by atoms with Crippen molar-refractivity contribution in [2.24, 2.45) is 0 Å². The Balaban J connectivity index is 0.000000194. The van der Waals surface area contributed by atoms with E-state index in [9.17, 15) is 0 Å². The van der Waals surface area contributed by atoms with Gasteiger partial charge in [0.2, 0.25) is 0 Å². The summed E-state index contributed by atoms with van der Waals surface area (Å²) in [6, 6.07) is 28.3. The highest BCUT2D eigenvalue weighted by Gasteiger charge is 2.10. The van der Waals surface area contributed by atoms with Gasteiger partial charge in [-0.05, 0) is 119 Å². The van der Waals surface area contributed by atoms with Crippen LogP contribution < -0.4 is 5.46 Å². The first-order valence-corrected chi connectivity index (χ1v) is 19.3. The molecule has 276 valence electrons. The molecule has 0 atom stereocenters. The van der Waals surface area contributed by atoms with Crippen molar-refractivity contribution >= 4 is 71.6 Å². The summed E-state index contributed by atoms with van der Waals surface area (Å²) in [4.78, 5) is 26.1. The average Bonchev–Trinajstić information content (AvgIpc) is 3.78. The zero-order valence-electron chi connectivity index (χ0n) is 28.7. The topological polar surface area (TPSA) is 118 Å². The molecular formula is C42H44BBrN6O2S2. The molecule has 0 spiro atoms. The minimum Gasteiger partial charge on any atom is -0.423 e. The van der Waals surface area contributed by atoms with Crippen LogP contribution >= 0.6 is 38.6 Å². The van der Waals surface area contributed by atoms with Gasteiger partial charge in [0.1, 0.15) is 0 Å². The maximum atomic E-state index is 8.55. The Morgan fingerprint density at radius 2 is 1.07 bits per heavy atom. The number of pyridine rings is 4. The number of thiazole rings is 2. The van der Waals surface area contributed by atoms with Crippen LogP contribution in [0, 0.1) is 0 Å². The van der Waals surface area contributed by atoms with E-state index in [0.29, 0.717) is 5.46 Å². The number of halogens is 1. The van der Waals surface area contributed by atoms with Crippen LogP contribution in [0.15, 0.2) is 127 Å². The first kappa shape index (κ1) is 42.0. The molecular weight excluding hydrogens is 775 g/mol. The van der Waals surface area contributed by atoms with Crippen molar-refractivity contribution in [2.45, 2.75) is 54.4 Å². The number of fused-ring (bicyclic) bond motifs is 2. The zero-order valence-corrected chi connectivity index (χ0v) is 31.9. The largest absolute Gasteiger partial charge is 0.488 e. The molecule has 12 heteroatoms. The van der Waals surface area contributed by atoms with Crippen LogP contribution in [-0.4, -0.2) is 47.1 Å². The molecule has 0 amide bonds. The Morgan fingerprint density at radius 1 is 0.574 bits per heavy atom. The number of aryl methyl sites for hydroxylation is 2. The fourth-order valence-corrected chi connectivity index (χ4v) is 7.89. The molecule has 0 aliphatic carbocycles. The molecule has 2 aromatic carbocycles. The molecule has 0 aliphatic heterocycles. The van der Waals surface area contributed by atoms with Gasteiger partial charge in [0, 0.05) is 65.9 Å². The highest BCUT2D eigenvalue weighted by molar-refractivity contribution is 9.10. The number of nitrogens with zero attached hydrogens (tertiary/aromatic N) is 6. The van der Waals surface area contributed by atoms with E-state index in [0.717, 1.165) is 62.6 Å². The molecule has 54 heavy (non-hydrogen) atoms. The summed E-state index contributed by atoms with van der Waals surface area (Å²) in [5.74, 6) is 0. The molecule has 0 radical (unpaired) electrons. The molecule has 0 fully saturated rings. The van der Waals surface area contributed by atoms with Gasteiger partial charge in [0.15, 0.2) is 0 Å². The third-order valence-corrected chi connectivity index (χ3v) is 10.6. The van der Waals surface area contributed by atoms with E-state index in [-0.39, 0.29) is 14.9 Å². The van der Waals surface area contributed by atoms with Gasteiger partial charge in [-0.1, -0.05) is 50.7 Å². The number of hydrogen-bond acceptors (Lipinski definition) is 10. The molecule has 6 heterocycles. The lowest BCUT2D eigenvalue weighted by Gasteiger charge is -2.00. The second-order valence-corrected chi connectivity index (χ2v) is 14.9. The molecule has 8 nitrogen and oxygen atoms in total. The second kappa shape index (κ2) is 20.7. The average molecular weight is 820 g/mol. The molecule has 0 saturated carbocycles. The number of benzene rings is 2. The standard InChI is InChI=1S/C20H17N3S.C15H13BrN2S.C5H6BNO2.2CH4/c1-2-14-5-10-22-17(11-14)13-20-23-18-4-3-16(12-19(18)24-20)15-6-8-21-9-7-15;1-2-10-5-6-17-12(7-10)9-15-18-13-4-3-11(16)8-14(13)19-15;8-6(9)5-1-3-7-4-2-5;;/h3-12H,2,13H2,1H3;3-8H,2,9H2,1H3;1-4,8-9H;2*1H4. The number of rotatable bonds is 8. The molecule has 0 unspecified atom stereocenters. The molecule has 0 bridgehead atoms. The van der Waals surface area contributed by atoms with Crippen LogP contribution in [0.5, 0.6) is 0 Å². The highest BCUT2D eigenvalue weighted by atomic mass is 79.9. The van der Waals surface area contributed by atoms with Crippen LogP contribution in [0.2, 0.25) is 0 Å². The first-order valence-electron chi connectivity index (χ1n) is 16.8. The van der Waals surface area contributed by atoms with Crippen molar-refractivity contribution in [3.05, 3.63) is 159 Å². The summed E-state index contributed by atoms with van der Waals surface area (Å²) < 4.78 is 3.53. The Bertz CT molecular complexity index is 2360. The quantitative estimate of drug-likeness (QED) is 0.146. The van der Waals surface area contributed by atoms with Crippen LogP contribution in [0.1, 0.15) is 61.2 Å². The zero-order chi connectivity index (χ0) is 36.3.